The van der Waals surface area contributed by atoms with Gasteiger partial charge in [0, 0.05) is 13.0 Å². The van der Waals surface area contributed by atoms with E-state index < -0.39 is 15.7 Å². The first kappa shape index (κ1) is 21.6. The third kappa shape index (κ3) is 7.15. The first-order valence-corrected chi connectivity index (χ1v) is 11.1. The molecule has 6 nitrogen and oxygen atoms in total. The summed E-state index contributed by atoms with van der Waals surface area (Å²) >= 11 is 0. The first-order chi connectivity index (χ1) is 13.4. The number of carbonyl (C=O) groups is 2. The number of hydrogen-bond acceptors (Lipinski definition) is 4. The van der Waals surface area contributed by atoms with Crippen molar-refractivity contribution in [1.29, 1.82) is 0 Å². The number of para-hydroxylation sites is 1. The van der Waals surface area contributed by atoms with E-state index in [1.807, 2.05) is 13.0 Å². The second-order valence-electron chi connectivity index (χ2n) is 6.53. The molecule has 0 unspecified atom stereocenters. The number of hydrogen-bond donors (Lipinski definition) is 2. The second-order valence-corrected chi connectivity index (χ2v) is 8.71. The van der Waals surface area contributed by atoms with Crippen LogP contribution in [0.3, 0.4) is 0 Å². The molecule has 2 rings (SSSR count). The maximum absolute atomic E-state index is 12.3. The van der Waals surface area contributed by atoms with Crippen molar-refractivity contribution in [2.75, 3.05) is 17.6 Å². The minimum absolute atomic E-state index is 0.0997. The summed E-state index contributed by atoms with van der Waals surface area (Å²) in [5.74, 6) is -1.05. The Morgan fingerprint density at radius 2 is 1.64 bits per heavy atom. The number of nitrogens with one attached hydrogen (secondary N) is 2. The standard InChI is InChI=1S/C21H26N2O4S/c1-2-3-14-22-21(25)18-11-7-8-12-19(18)23-20(24)13-15-28(26,27)16-17-9-5-4-6-10-17/h4-12H,2-3,13-16H2,1H3,(H,22,25)(H,23,24). The number of amides is 2. The highest BCUT2D eigenvalue weighted by Gasteiger charge is 2.17. The van der Waals surface area contributed by atoms with E-state index in [1.54, 1.807) is 48.5 Å². The zero-order valence-electron chi connectivity index (χ0n) is 16.0. The molecule has 2 amide bonds. The van der Waals surface area contributed by atoms with Crippen LogP contribution in [-0.4, -0.2) is 32.5 Å². The zero-order valence-corrected chi connectivity index (χ0v) is 16.8. The molecule has 0 radical (unpaired) electrons. The van der Waals surface area contributed by atoms with Gasteiger partial charge in [-0.25, -0.2) is 8.42 Å². The summed E-state index contributed by atoms with van der Waals surface area (Å²) in [5, 5.41) is 5.47. The largest absolute Gasteiger partial charge is 0.352 e. The van der Waals surface area contributed by atoms with Crippen molar-refractivity contribution in [2.45, 2.75) is 31.9 Å². The summed E-state index contributed by atoms with van der Waals surface area (Å²) in [6.45, 7) is 2.60. The van der Waals surface area contributed by atoms with Crippen LogP contribution < -0.4 is 10.6 Å². The molecule has 0 aliphatic rings. The van der Waals surface area contributed by atoms with E-state index in [2.05, 4.69) is 10.6 Å². The van der Waals surface area contributed by atoms with Gasteiger partial charge in [-0.05, 0) is 24.1 Å². The number of carbonyl (C=O) groups excluding carboxylic acids is 2. The lowest BCUT2D eigenvalue weighted by atomic mass is 10.1. The quantitative estimate of drug-likeness (QED) is 0.597. The molecule has 0 aromatic heterocycles. The summed E-state index contributed by atoms with van der Waals surface area (Å²) in [7, 11) is -3.40. The van der Waals surface area contributed by atoms with Gasteiger partial charge in [0.15, 0.2) is 9.84 Å². The van der Waals surface area contributed by atoms with Crippen LogP contribution in [0, 0.1) is 0 Å². The van der Waals surface area contributed by atoms with Crippen molar-refractivity contribution in [3.05, 3.63) is 65.7 Å². The average molecular weight is 403 g/mol. The predicted molar refractivity (Wildman–Crippen MR) is 111 cm³/mol. The van der Waals surface area contributed by atoms with Crippen molar-refractivity contribution in [1.82, 2.24) is 5.32 Å². The molecule has 0 fully saturated rings. The van der Waals surface area contributed by atoms with E-state index in [0.717, 1.165) is 12.8 Å². The third-order valence-electron chi connectivity index (χ3n) is 4.13. The summed E-state index contributed by atoms with van der Waals surface area (Å²) in [6, 6.07) is 15.5. The number of sulfone groups is 1. The lowest BCUT2D eigenvalue weighted by molar-refractivity contribution is -0.115. The molecule has 0 spiro atoms. The van der Waals surface area contributed by atoms with Gasteiger partial charge in [0.25, 0.3) is 5.91 Å². The van der Waals surface area contributed by atoms with Crippen LogP contribution in [0.4, 0.5) is 5.69 Å². The summed E-state index contributed by atoms with van der Waals surface area (Å²) in [6.07, 6.45) is 1.68. The molecule has 150 valence electrons. The van der Waals surface area contributed by atoms with Gasteiger partial charge < -0.3 is 10.6 Å². The van der Waals surface area contributed by atoms with Crippen LogP contribution >= 0.6 is 0 Å². The molecule has 0 aliphatic heterocycles. The lowest BCUT2D eigenvalue weighted by Gasteiger charge is -2.11. The van der Waals surface area contributed by atoms with Gasteiger partial charge in [-0.15, -0.1) is 0 Å². The fraction of sp³-hybridized carbons (Fsp3) is 0.333. The molecule has 0 aliphatic carbocycles. The van der Waals surface area contributed by atoms with E-state index in [4.69, 9.17) is 0 Å². The Hall–Kier alpha value is -2.67. The minimum Gasteiger partial charge on any atom is -0.352 e. The number of anilines is 1. The first-order valence-electron chi connectivity index (χ1n) is 9.32. The Morgan fingerprint density at radius 3 is 2.36 bits per heavy atom. The summed E-state index contributed by atoms with van der Waals surface area (Å²) in [4.78, 5) is 24.5. The Bertz CT molecular complexity index is 896. The van der Waals surface area contributed by atoms with E-state index in [0.29, 0.717) is 23.4 Å². The molecule has 2 aromatic rings. The monoisotopic (exact) mass is 402 g/mol. The van der Waals surface area contributed by atoms with E-state index >= 15 is 0 Å². The normalized spacial score (nSPS) is 11.0. The molecule has 7 heteroatoms. The number of benzene rings is 2. The third-order valence-corrected chi connectivity index (χ3v) is 5.73. The van der Waals surface area contributed by atoms with Gasteiger partial charge >= 0.3 is 0 Å². The molecule has 0 saturated heterocycles. The Balaban J connectivity index is 1.93. The van der Waals surface area contributed by atoms with Crippen LogP contribution in [0.1, 0.15) is 42.1 Å². The topological polar surface area (TPSA) is 92.3 Å². The second kappa shape index (κ2) is 10.6. The van der Waals surface area contributed by atoms with Gasteiger partial charge in [-0.2, -0.15) is 0 Å². The van der Waals surface area contributed by atoms with E-state index in [-0.39, 0.29) is 23.8 Å². The Morgan fingerprint density at radius 1 is 0.964 bits per heavy atom. The maximum atomic E-state index is 12.3. The van der Waals surface area contributed by atoms with Crippen LogP contribution in [0.25, 0.3) is 0 Å². The summed E-state index contributed by atoms with van der Waals surface area (Å²) < 4.78 is 24.5. The Kier molecular flexibility index (Phi) is 8.19. The SMILES string of the molecule is CCCCNC(=O)c1ccccc1NC(=O)CCS(=O)(=O)Cc1ccccc1. The van der Waals surface area contributed by atoms with Gasteiger partial charge in [-0.3, -0.25) is 9.59 Å². The summed E-state index contributed by atoms with van der Waals surface area (Å²) in [5.41, 5.74) is 1.43. The van der Waals surface area contributed by atoms with Gasteiger partial charge in [0.1, 0.15) is 0 Å². The molecule has 28 heavy (non-hydrogen) atoms. The van der Waals surface area contributed by atoms with Crippen LogP contribution in [0.5, 0.6) is 0 Å². The molecule has 0 bridgehead atoms. The molecule has 0 atom stereocenters. The van der Waals surface area contributed by atoms with E-state index in [9.17, 15) is 18.0 Å². The van der Waals surface area contributed by atoms with Crippen LogP contribution in [0.15, 0.2) is 54.6 Å². The van der Waals surface area contributed by atoms with Gasteiger partial charge in [0.2, 0.25) is 5.91 Å². The maximum Gasteiger partial charge on any atom is 0.253 e. The smallest absolute Gasteiger partial charge is 0.253 e. The number of unbranched alkanes of at least 4 members (excludes halogenated alkanes) is 1. The molecule has 0 heterocycles. The highest BCUT2D eigenvalue weighted by atomic mass is 32.2. The molecule has 2 aromatic carbocycles. The highest BCUT2D eigenvalue weighted by Crippen LogP contribution is 2.16. The number of rotatable bonds is 10. The van der Waals surface area contributed by atoms with Crippen LogP contribution in [-0.2, 0) is 20.4 Å². The van der Waals surface area contributed by atoms with Gasteiger partial charge in [-0.1, -0.05) is 55.8 Å². The van der Waals surface area contributed by atoms with Crippen molar-refractivity contribution in [3.63, 3.8) is 0 Å². The van der Waals surface area contributed by atoms with Crippen molar-refractivity contribution in [2.24, 2.45) is 0 Å². The van der Waals surface area contributed by atoms with Crippen molar-refractivity contribution >= 4 is 27.3 Å². The predicted octanol–water partition coefficient (Wildman–Crippen LogP) is 3.16. The van der Waals surface area contributed by atoms with Crippen molar-refractivity contribution in [3.8, 4) is 0 Å². The molecular weight excluding hydrogens is 376 g/mol. The zero-order chi connectivity index (χ0) is 20.4. The fourth-order valence-corrected chi connectivity index (χ4v) is 3.97. The molecular formula is C21H26N2O4S. The molecule has 2 N–H and O–H groups in total. The molecule has 0 saturated carbocycles. The van der Waals surface area contributed by atoms with E-state index in [1.165, 1.54) is 0 Å². The highest BCUT2D eigenvalue weighted by molar-refractivity contribution is 7.90. The lowest BCUT2D eigenvalue weighted by Crippen LogP contribution is -2.26. The van der Waals surface area contributed by atoms with Crippen molar-refractivity contribution < 1.29 is 18.0 Å². The average Bonchev–Trinajstić information content (AvgIpc) is 2.67. The van der Waals surface area contributed by atoms with Crippen LogP contribution in [0.2, 0.25) is 0 Å². The van der Waals surface area contributed by atoms with Gasteiger partial charge in [0.05, 0.1) is 22.8 Å². The minimum atomic E-state index is -3.40. The Labute approximate surface area is 166 Å². The fourth-order valence-electron chi connectivity index (χ4n) is 2.63.